The van der Waals surface area contributed by atoms with Crippen LogP contribution in [0.15, 0.2) is 40.8 Å². The third kappa shape index (κ3) is 4.48. The lowest BCUT2D eigenvalue weighted by molar-refractivity contribution is 0.156. The minimum Gasteiger partial charge on any atom is -0.351 e. The highest BCUT2D eigenvalue weighted by Gasteiger charge is 2.48. The topological polar surface area (TPSA) is 92.8 Å². The number of amides is 2. The van der Waals surface area contributed by atoms with Crippen LogP contribution in [-0.2, 0) is 16.9 Å². The van der Waals surface area contributed by atoms with Crippen LogP contribution in [0.25, 0.3) is 11.1 Å². The molecule has 1 aliphatic heterocycles. The molecule has 2 aromatic carbocycles. The molecule has 0 spiro atoms. The van der Waals surface area contributed by atoms with Gasteiger partial charge in [-0.15, -0.1) is 0 Å². The number of hydrogen-bond donors (Lipinski definition) is 1. The first-order valence-electron chi connectivity index (χ1n) is 8.73. The summed E-state index contributed by atoms with van der Waals surface area (Å²) in [6, 6.07) is 5.49. The van der Waals surface area contributed by atoms with Crippen LogP contribution in [0.3, 0.4) is 0 Å². The molecule has 1 saturated heterocycles. The van der Waals surface area contributed by atoms with E-state index in [0.717, 1.165) is 12.1 Å². The van der Waals surface area contributed by atoms with E-state index in [4.69, 9.17) is 5.73 Å². The molecule has 10 heteroatoms. The maximum Gasteiger partial charge on any atom is 0.315 e. The van der Waals surface area contributed by atoms with Crippen LogP contribution in [0.1, 0.15) is 26.3 Å². The fraction of sp³-hybridized carbons (Fsp3) is 0.350. The van der Waals surface area contributed by atoms with Crippen LogP contribution in [0.4, 0.5) is 18.0 Å². The summed E-state index contributed by atoms with van der Waals surface area (Å²) in [5.74, 6) is -2.41. The maximum atomic E-state index is 15.2. The summed E-state index contributed by atoms with van der Waals surface area (Å²) in [5, 5.41) is 0. The molecule has 2 atom stereocenters. The van der Waals surface area contributed by atoms with E-state index in [1.165, 1.54) is 23.1 Å². The molecule has 0 aliphatic carbocycles. The summed E-state index contributed by atoms with van der Waals surface area (Å²) in [6.07, 6.45) is 0.169. The largest absolute Gasteiger partial charge is 0.351 e. The second-order valence-electron chi connectivity index (χ2n) is 7.09. The highest BCUT2D eigenvalue weighted by Crippen LogP contribution is 2.37. The highest BCUT2D eigenvalue weighted by molar-refractivity contribution is 7.61. The molecule has 2 amide bonds. The molecule has 3 rings (SSSR count). The molecule has 0 radical (unpaired) electrons. The Hall–Kier alpha value is -2.88. The van der Waals surface area contributed by atoms with Crippen LogP contribution < -0.4 is 5.73 Å². The highest BCUT2D eigenvalue weighted by atomic mass is 32.2. The summed E-state index contributed by atoms with van der Waals surface area (Å²) < 4.78 is 68.2. The van der Waals surface area contributed by atoms with E-state index in [2.05, 4.69) is 4.36 Å². The predicted octanol–water partition coefficient (Wildman–Crippen LogP) is 3.92. The predicted molar refractivity (Wildman–Crippen MR) is 107 cm³/mol. The van der Waals surface area contributed by atoms with Gasteiger partial charge in [0.1, 0.15) is 17.5 Å². The molecule has 2 aromatic rings. The van der Waals surface area contributed by atoms with Crippen LogP contribution in [0, 0.1) is 17.5 Å². The van der Waals surface area contributed by atoms with Crippen molar-refractivity contribution in [3.05, 3.63) is 59.4 Å². The number of rotatable bonds is 4. The van der Waals surface area contributed by atoms with Crippen molar-refractivity contribution < 1.29 is 26.4 Å². The van der Waals surface area contributed by atoms with Gasteiger partial charge in [0.05, 0.1) is 11.6 Å². The summed E-state index contributed by atoms with van der Waals surface area (Å²) >= 11 is 0. The molecular formula is C20H22F3N3O3S. The van der Waals surface area contributed by atoms with Gasteiger partial charge in [-0.2, -0.15) is 12.8 Å². The lowest BCUT2D eigenvalue weighted by Crippen LogP contribution is -2.53. The Balaban J connectivity index is 0.00000320. The van der Waals surface area contributed by atoms with Crippen molar-refractivity contribution in [1.29, 1.82) is 0 Å². The Bertz CT molecular complexity index is 1080. The molecule has 162 valence electrons. The molecule has 1 fully saturated rings. The number of likely N-dealkylation sites (tertiary alicyclic amines) is 1. The van der Waals surface area contributed by atoms with Gasteiger partial charge in [0.2, 0.25) is 0 Å². The Kier molecular flexibility index (Phi) is 6.91. The first kappa shape index (κ1) is 23.4. The zero-order valence-corrected chi connectivity index (χ0v) is 16.2. The van der Waals surface area contributed by atoms with E-state index in [0.29, 0.717) is 6.07 Å². The minimum atomic E-state index is -2.71. The van der Waals surface area contributed by atoms with Crippen LogP contribution in [0.5, 0.6) is 0 Å². The van der Waals surface area contributed by atoms with Gasteiger partial charge in [-0.3, -0.25) is 0 Å². The number of hydrogen-bond acceptors (Lipinski definition) is 4. The van der Waals surface area contributed by atoms with Gasteiger partial charge < -0.3 is 10.6 Å². The number of primary amides is 1. The van der Waals surface area contributed by atoms with Gasteiger partial charge >= 0.3 is 16.5 Å². The Morgan fingerprint density at radius 3 is 2.43 bits per heavy atom. The quantitative estimate of drug-likeness (QED) is 0.779. The van der Waals surface area contributed by atoms with E-state index in [1.807, 2.05) is 0 Å². The molecule has 2 unspecified atom stereocenters. The molecule has 0 aromatic heterocycles. The van der Waals surface area contributed by atoms with Gasteiger partial charge in [-0.1, -0.05) is 25.6 Å². The number of halogens is 3. The molecule has 30 heavy (non-hydrogen) atoms. The zero-order valence-electron chi connectivity index (χ0n) is 15.4. The van der Waals surface area contributed by atoms with Crippen molar-refractivity contribution in [2.75, 3.05) is 6.54 Å². The number of urea groups is 1. The van der Waals surface area contributed by atoms with Crippen molar-refractivity contribution >= 4 is 16.5 Å². The molecule has 2 N–H and O–H groups in total. The molecule has 6 nitrogen and oxygen atoms in total. The summed E-state index contributed by atoms with van der Waals surface area (Å²) in [4.78, 5) is 13.1. The first-order valence-corrected chi connectivity index (χ1v) is 9.76. The van der Waals surface area contributed by atoms with Gasteiger partial charge in [-0.05, 0) is 36.6 Å². The van der Waals surface area contributed by atoms with Crippen molar-refractivity contribution in [1.82, 2.24) is 4.90 Å². The minimum absolute atomic E-state index is 0. The fourth-order valence-electron chi connectivity index (χ4n) is 3.88. The number of nitrogens with two attached hydrogens (primary N) is 1. The summed E-state index contributed by atoms with van der Waals surface area (Å²) in [6.45, 7) is 1.76. The van der Waals surface area contributed by atoms with Crippen LogP contribution in [0.2, 0.25) is 0 Å². The van der Waals surface area contributed by atoms with Gasteiger partial charge in [0, 0.05) is 24.6 Å². The number of carbonyl (C=O) groups excluding carboxylic acids is 1. The van der Waals surface area contributed by atoms with E-state index in [-0.39, 0.29) is 43.5 Å². The fourth-order valence-corrected chi connectivity index (χ4v) is 4.42. The van der Waals surface area contributed by atoms with E-state index < -0.39 is 45.6 Å². The van der Waals surface area contributed by atoms with Crippen molar-refractivity contribution in [2.24, 2.45) is 10.1 Å². The monoisotopic (exact) mass is 441 g/mol. The molecular weight excluding hydrogens is 419 g/mol. The number of nitrogens with zero attached hydrogens (tertiary/aromatic N) is 2. The maximum absolute atomic E-state index is 15.2. The zero-order chi connectivity index (χ0) is 21.3. The van der Waals surface area contributed by atoms with Crippen molar-refractivity contribution in [3.63, 3.8) is 0 Å². The van der Waals surface area contributed by atoms with E-state index in [1.54, 1.807) is 6.92 Å². The second-order valence-corrected chi connectivity index (χ2v) is 7.73. The Labute approximate surface area is 174 Å². The third-order valence-corrected chi connectivity index (χ3v) is 5.67. The van der Waals surface area contributed by atoms with Crippen LogP contribution >= 0.6 is 0 Å². The van der Waals surface area contributed by atoms with E-state index >= 15 is 4.39 Å². The van der Waals surface area contributed by atoms with Gasteiger partial charge in [0.25, 0.3) is 0 Å². The average Bonchev–Trinajstić information content (AvgIpc) is 2.91. The standard InChI is InChI=1S/C19H18F3N3O3S.CH4/c1-19(16(24-29(27)28)5-6-25(19)18(23)26)10-11-3-2-4-15(17(11)22)12-7-13(20)9-14(21)8-12;/h2-4,7-9,16H,5-6,10H2,1H3,(H2,23,26);1H4. The van der Waals surface area contributed by atoms with Gasteiger partial charge in [0.15, 0.2) is 0 Å². The van der Waals surface area contributed by atoms with Gasteiger partial charge in [-0.25, -0.2) is 18.0 Å². The average molecular weight is 441 g/mol. The lowest BCUT2D eigenvalue weighted by atomic mass is 9.85. The Morgan fingerprint density at radius 2 is 1.87 bits per heavy atom. The summed E-state index contributed by atoms with van der Waals surface area (Å²) in [7, 11) is -2.71. The smallest absolute Gasteiger partial charge is 0.315 e. The molecule has 0 bridgehead atoms. The molecule has 1 heterocycles. The Morgan fingerprint density at radius 1 is 1.23 bits per heavy atom. The number of carbonyl (C=O) groups is 1. The lowest BCUT2D eigenvalue weighted by Gasteiger charge is -2.36. The molecule has 1 aliphatic rings. The number of benzene rings is 2. The SMILES string of the molecule is C.CC1(Cc2cccc(-c3cc(F)cc(F)c3)c2F)C(N=S(=O)=O)CCN1C(N)=O. The van der Waals surface area contributed by atoms with Crippen LogP contribution in [-0.4, -0.2) is 37.5 Å². The third-order valence-electron chi connectivity index (χ3n) is 5.24. The molecule has 0 saturated carbocycles. The first-order chi connectivity index (χ1) is 13.6. The second kappa shape index (κ2) is 8.86. The summed E-state index contributed by atoms with van der Waals surface area (Å²) in [5.41, 5.74) is 4.38. The van der Waals surface area contributed by atoms with Crippen molar-refractivity contribution in [2.45, 2.75) is 38.8 Å². The normalized spacial score (nSPS) is 20.5. The van der Waals surface area contributed by atoms with E-state index in [9.17, 15) is 22.0 Å². The van der Waals surface area contributed by atoms with Crippen molar-refractivity contribution in [3.8, 4) is 11.1 Å².